The summed E-state index contributed by atoms with van der Waals surface area (Å²) < 4.78 is 22.8. The fourth-order valence-electron chi connectivity index (χ4n) is 3.15. The van der Waals surface area contributed by atoms with Crippen LogP contribution in [0, 0.1) is 5.92 Å². The van der Waals surface area contributed by atoms with Crippen LogP contribution in [0.3, 0.4) is 0 Å². The Morgan fingerprint density at radius 2 is 1.80 bits per heavy atom. The topological polar surface area (TPSA) is 57.7 Å². The molecule has 0 spiro atoms. The number of carbonyl (C=O) groups is 1. The first-order chi connectivity index (χ1) is 9.39. The van der Waals surface area contributed by atoms with Crippen LogP contribution in [0.25, 0.3) is 0 Å². The number of sulfone groups is 1. The highest BCUT2D eigenvalue weighted by atomic mass is 32.2. The second-order valence-electron chi connectivity index (χ2n) is 6.32. The Bertz CT molecular complexity index is 433. The molecule has 2 heterocycles. The molecule has 0 aromatic carbocycles. The Labute approximate surface area is 122 Å². The van der Waals surface area contributed by atoms with Crippen molar-refractivity contribution in [2.45, 2.75) is 39.2 Å². The number of piperidine rings is 1. The predicted octanol–water partition coefficient (Wildman–Crippen LogP) is 0.754. The quantitative estimate of drug-likeness (QED) is 0.772. The minimum Gasteiger partial charge on any atom is -0.338 e. The molecule has 2 saturated heterocycles. The zero-order valence-corrected chi connectivity index (χ0v) is 13.4. The molecule has 0 aromatic rings. The molecule has 0 N–H and O–H groups in total. The van der Waals surface area contributed by atoms with Crippen molar-refractivity contribution >= 4 is 15.7 Å². The first-order valence-electron chi connectivity index (χ1n) is 7.61. The Morgan fingerprint density at radius 3 is 2.40 bits per heavy atom. The second kappa shape index (κ2) is 6.43. The minimum atomic E-state index is -2.87. The molecule has 1 unspecified atom stereocenters. The van der Waals surface area contributed by atoms with Crippen LogP contribution >= 0.6 is 0 Å². The van der Waals surface area contributed by atoms with Crippen LogP contribution in [0.4, 0.5) is 0 Å². The van der Waals surface area contributed by atoms with Gasteiger partial charge in [0.1, 0.15) is 0 Å². The van der Waals surface area contributed by atoms with Crippen molar-refractivity contribution in [3.8, 4) is 0 Å². The van der Waals surface area contributed by atoms with Gasteiger partial charge in [-0.3, -0.25) is 9.69 Å². The number of hydrogen-bond acceptors (Lipinski definition) is 4. The number of rotatable bonds is 3. The van der Waals surface area contributed by atoms with E-state index in [0.29, 0.717) is 31.6 Å². The van der Waals surface area contributed by atoms with Gasteiger partial charge < -0.3 is 4.90 Å². The minimum absolute atomic E-state index is 0.169. The summed E-state index contributed by atoms with van der Waals surface area (Å²) in [6.45, 7) is 6.56. The molecule has 0 aromatic heterocycles. The number of nitrogens with zero attached hydrogens (tertiary/aromatic N) is 2. The van der Waals surface area contributed by atoms with Gasteiger partial charge in [-0.2, -0.15) is 0 Å². The Hall–Kier alpha value is -0.620. The lowest BCUT2D eigenvalue weighted by atomic mass is 9.92. The smallest absolute Gasteiger partial charge is 0.237 e. The Balaban J connectivity index is 1.90. The third-order valence-corrected chi connectivity index (χ3v) is 6.04. The van der Waals surface area contributed by atoms with E-state index in [2.05, 4.69) is 13.8 Å². The number of amides is 1. The van der Waals surface area contributed by atoms with Gasteiger partial charge in [-0.25, -0.2) is 8.42 Å². The third-order valence-electron chi connectivity index (χ3n) is 4.44. The van der Waals surface area contributed by atoms with Crippen molar-refractivity contribution in [3.63, 3.8) is 0 Å². The Kier molecular flexibility index (Phi) is 5.07. The maximum Gasteiger partial charge on any atom is 0.237 e. The van der Waals surface area contributed by atoms with Crippen LogP contribution in [-0.2, 0) is 14.6 Å². The van der Waals surface area contributed by atoms with Gasteiger partial charge in [0.15, 0.2) is 9.84 Å². The van der Waals surface area contributed by atoms with Gasteiger partial charge in [0.2, 0.25) is 5.91 Å². The molecule has 0 radical (unpaired) electrons. The largest absolute Gasteiger partial charge is 0.338 e. The molecule has 5 nitrogen and oxygen atoms in total. The highest BCUT2D eigenvalue weighted by Gasteiger charge is 2.30. The first kappa shape index (κ1) is 15.8. The first-order valence-corrected chi connectivity index (χ1v) is 9.43. The fraction of sp³-hybridized carbons (Fsp3) is 0.929. The van der Waals surface area contributed by atoms with Crippen molar-refractivity contribution in [2.75, 3.05) is 37.7 Å². The van der Waals surface area contributed by atoms with Crippen LogP contribution in [-0.4, -0.2) is 67.9 Å². The van der Waals surface area contributed by atoms with Crippen molar-refractivity contribution in [1.29, 1.82) is 0 Å². The van der Waals surface area contributed by atoms with Gasteiger partial charge in [0, 0.05) is 25.7 Å². The standard InChI is InChI=1S/C14H26N2O3S/c1-12(2)13-5-3-4-6-16(13)14(17)11-15-7-9-20(18,19)10-8-15/h12-13H,3-11H2,1-2H3. The molecule has 1 atom stereocenters. The van der Waals surface area contributed by atoms with E-state index in [9.17, 15) is 13.2 Å². The molecule has 2 fully saturated rings. The van der Waals surface area contributed by atoms with Crippen molar-refractivity contribution in [3.05, 3.63) is 0 Å². The van der Waals surface area contributed by atoms with Crippen LogP contribution in [0.2, 0.25) is 0 Å². The summed E-state index contributed by atoms with van der Waals surface area (Å²) in [5.74, 6) is 1.03. The summed E-state index contributed by atoms with van der Waals surface area (Å²) in [7, 11) is -2.87. The van der Waals surface area contributed by atoms with E-state index < -0.39 is 9.84 Å². The van der Waals surface area contributed by atoms with E-state index in [-0.39, 0.29) is 17.4 Å². The average Bonchev–Trinajstić information content (AvgIpc) is 2.41. The molecule has 2 aliphatic heterocycles. The molecule has 0 saturated carbocycles. The molecular formula is C14H26N2O3S. The van der Waals surface area contributed by atoms with E-state index in [1.54, 1.807) is 0 Å². The number of carbonyl (C=O) groups excluding carboxylic acids is 1. The zero-order chi connectivity index (χ0) is 14.8. The Morgan fingerprint density at radius 1 is 1.15 bits per heavy atom. The number of likely N-dealkylation sites (tertiary alicyclic amines) is 1. The van der Waals surface area contributed by atoms with E-state index in [4.69, 9.17) is 0 Å². The van der Waals surface area contributed by atoms with E-state index in [1.165, 1.54) is 6.42 Å². The summed E-state index contributed by atoms with van der Waals surface area (Å²) >= 11 is 0. The zero-order valence-electron chi connectivity index (χ0n) is 12.5. The summed E-state index contributed by atoms with van der Waals surface area (Å²) in [6, 6.07) is 0.352. The van der Waals surface area contributed by atoms with Crippen molar-refractivity contribution in [2.24, 2.45) is 5.92 Å². The van der Waals surface area contributed by atoms with E-state index >= 15 is 0 Å². The highest BCUT2D eigenvalue weighted by molar-refractivity contribution is 7.91. The van der Waals surface area contributed by atoms with Gasteiger partial charge in [-0.05, 0) is 25.2 Å². The summed E-state index contributed by atoms with van der Waals surface area (Å²) in [6.07, 6.45) is 3.38. The van der Waals surface area contributed by atoms with E-state index in [1.807, 2.05) is 9.80 Å². The van der Waals surface area contributed by atoms with Crippen molar-refractivity contribution < 1.29 is 13.2 Å². The second-order valence-corrected chi connectivity index (χ2v) is 8.63. The summed E-state index contributed by atoms with van der Waals surface area (Å²) in [4.78, 5) is 16.5. The van der Waals surface area contributed by atoms with E-state index in [0.717, 1.165) is 19.4 Å². The lowest BCUT2D eigenvalue weighted by molar-refractivity contribution is -0.137. The number of hydrogen-bond donors (Lipinski definition) is 0. The summed E-state index contributed by atoms with van der Waals surface area (Å²) in [5.41, 5.74) is 0. The molecule has 2 aliphatic rings. The van der Waals surface area contributed by atoms with Crippen molar-refractivity contribution in [1.82, 2.24) is 9.80 Å². The van der Waals surface area contributed by atoms with Gasteiger partial charge in [-0.15, -0.1) is 0 Å². The SMILES string of the molecule is CC(C)C1CCCCN1C(=O)CN1CCS(=O)(=O)CC1. The molecule has 116 valence electrons. The molecule has 2 rings (SSSR count). The van der Waals surface area contributed by atoms with Crippen LogP contribution in [0.15, 0.2) is 0 Å². The van der Waals surface area contributed by atoms with Gasteiger partial charge >= 0.3 is 0 Å². The van der Waals surface area contributed by atoms with Crippen LogP contribution < -0.4 is 0 Å². The highest BCUT2D eigenvalue weighted by Crippen LogP contribution is 2.23. The molecule has 0 aliphatic carbocycles. The molecule has 6 heteroatoms. The van der Waals surface area contributed by atoms with Crippen LogP contribution in [0.5, 0.6) is 0 Å². The lowest BCUT2D eigenvalue weighted by Gasteiger charge is -2.39. The molecular weight excluding hydrogens is 276 g/mol. The molecule has 0 bridgehead atoms. The normalized spacial score (nSPS) is 27.8. The third kappa shape index (κ3) is 3.95. The molecule has 1 amide bonds. The lowest BCUT2D eigenvalue weighted by Crippen LogP contribution is -2.52. The predicted molar refractivity (Wildman–Crippen MR) is 79.3 cm³/mol. The molecule has 20 heavy (non-hydrogen) atoms. The van der Waals surface area contributed by atoms with Gasteiger partial charge in [0.05, 0.1) is 18.1 Å². The van der Waals surface area contributed by atoms with Gasteiger partial charge in [0.25, 0.3) is 0 Å². The fourth-order valence-corrected chi connectivity index (χ4v) is 4.43. The maximum atomic E-state index is 12.5. The summed E-state index contributed by atoms with van der Waals surface area (Å²) in [5, 5.41) is 0. The maximum absolute atomic E-state index is 12.5. The van der Waals surface area contributed by atoms with Gasteiger partial charge in [-0.1, -0.05) is 13.8 Å². The van der Waals surface area contributed by atoms with Crippen LogP contribution in [0.1, 0.15) is 33.1 Å². The average molecular weight is 302 g/mol. The monoisotopic (exact) mass is 302 g/mol.